The lowest BCUT2D eigenvalue weighted by Gasteiger charge is -2.37. The number of aliphatic hydroxyl groups is 1. The van der Waals surface area contributed by atoms with Gasteiger partial charge in [0.2, 0.25) is 0 Å². The summed E-state index contributed by atoms with van der Waals surface area (Å²) in [5.41, 5.74) is 0.974. The molecule has 2 N–H and O–H groups in total. The number of urea groups is 1. The lowest BCUT2D eigenvalue weighted by atomic mass is 10.0. The van der Waals surface area contributed by atoms with E-state index in [-0.39, 0.29) is 36.9 Å². The summed E-state index contributed by atoms with van der Waals surface area (Å²) >= 11 is 0. The molecule has 2 aromatic carbocycles. The topological polar surface area (TPSA) is 65.0 Å². The van der Waals surface area contributed by atoms with E-state index in [0.29, 0.717) is 18.8 Å². The van der Waals surface area contributed by atoms with Crippen LogP contribution in [0.5, 0.6) is 5.75 Å². The highest BCUT2D eigenvalue weighted by Gasteiger charge is 2.27. The molecule has 33 heavy (non-hydrogen) atoms. The smallest absolute Gasteiger partial charge is 0.318 e. The van der Waals surface area contributed by atoms with Crippen LogP contribution >= 0.6 is 12.4 Å². The van der Waals surface area contributed by atoms with Crippen molar-refractivity contribution in [2.75, 3.05) is 26.7 Å². The number of nitrogens with zero attached hydrogens (tertiary/aromatic N) is 2. The van der Waals surface area contributed by atoms with Crippen molar-refractivity contribution in [3.8, 4) is 5.75 Å². The first-order valence-corrected chi connectivity index (χ1v) is 11.1. The zero-order chi connectivity index (χ0) is 23.1. The highest BCUT2D eigenvalue weighted by molar-refractivity contribution is 5.85. The van der Waals surface area contributed by atoms with Crippen molar-refractivity contribution >= 4 is 18.4 Å². The molecule has 0 saturated carbocycles. The van der Waals surface area contributed by atoms with Crippen molar-refractivity contribution in [1.29, 1.82) is 0 Å². The highest BCUT2D eigenvalue weighted by Crippen LogP contribution is 2.20. The van der Waals surface area contributed by atoms with Crippen LogP contribution in [0.2, 0.25) is 0 Å². The van der Waals surface area contributed by atoms with Crippen molar-refractivity contribution in [2.24, 2.45) is 0 Å². The summed E-state index contributed by atoms with van der Waals surface area (Å²) in [6.07, 6.45) is 1.83. The monoisotopic (exact) mass is 479 g/mol. The van der Waals surface area contributed by atoms with Gasteiger partial charge in [-0.1, -0.05) is 24.3 Å². The lowest BCUT2D eigenvalue weighted by Crippen LogP contribution is -2.49. The van der Waals surface area contributed by atoms with Crippen molar-refractivity contribution in [1.82, 2.24) is 15.1 Å². The van der Waals surface area contributed by atoms with Crippen LogP contribution in [0.3, 0.4) is 0 Å². The average molecular weight is 480 g/mol. The third kappa shape index (κ3) is 8.84. The van der Waals surface area contributed by atoms with Gasteiger partial charge in [0, 0.05) is 19.1 Å². The lowest BCUT2D eigenvalue weighted by molar-refractivity contribution is 0.0285. The van der Waals surface area contributed by atoms with Crippen molar-refractivity contribution in [2.45, 2.75) is 51.4 Å². The minimum absolute atomic E-state index is 0. The van der Waals surface area contributed by atoms with Crippen LogP contribution in [0.4, 0.5) is 9.18 Å². The maximum absolute atomic E-state index is 13.3. The number of rotatable bonds is 8. The van der Waals surface area contributed by atoms with Gasteiger partial charge in [0.05, 0.1) is 5.60 Å². The van der Waals surface area contributed by atoms with E-state index in [2.05, 4.69) is 17.3 Å². The number of likely N-dealkylation sites (tertiary alicyclic amines) is 1. The van der Waals surface area contributed by atoms with Gasteiger partial charge < -0.3 is 25.0 Å². The Balaban J connectivity index is 0.00000385. The Bertz CT molecular complexity index is 864. The summed E-state index contributed by atoms with van der Waals surface area (Å²) in [6, 6.07) is 13.8. The average Bonchev–Trinajstić information content (AvgIpc) is 2.76. The molecule has 1 aliphatic heterocycles. The van der Waals surface area contributed by atoms with Crippen LogP contribution in [0.25, 0.3) is 0 Å². The fraction of sp³-hybridized carbons (Fsp3) is 0.480. The normalized spacial score (nSPS) is 14.9. The van der Waals surface area contributed by atoms with Crippen molar-refractivity contribution in [3.63, 3.8) is 0 Å². The van der Waals surface area contributed by atoms with E-state index in [1.54, 1.807) is 26.0 Å². The summed E-state index contributed by atoms with van der Waals surface area (Å²) in [7, 11) is 2.09. The first-order valence-electron chi connectivity index (χ1n) is 11.1. The van der Waals surface area contributed by atoms with Gasteiger partial charge in [-0.3, -0.25) is 0 Å². The van der Waals surface area contributed by atoms with E-state index in [1.165, 1.54) is 12.1 Å². The van der Waals surface area contributed by atoms with Gasteiger partial charge in [-0.25, -0.2) is 9.18 Å². The van der Waals surface area contributed by atoms with Crippen molar-refractivity contribution in [3.05, 3.63) is 65.5 Å². The Morgan fingerprint density at radius 3 is 2.27 bits per heavy atom. The van der Waals surface area contributed by atoms with Gasteiger partial charge in [-0.2, -0.15) is 0 Å². The van der Waals surface area contributed by atoms with E-state index >= 15 is 0 Å². The zero-order valence-electron chi connectivity index (χ0n) is 19.6. The number of piperidine rings is 1. The van der Waals surface area contributed by atoms with E-state index in [0.717, 1.165) is 37.1 Å². The molecular weight excluding hydrogens is 445 g/mol. The molecule has 0 spiro atoms. The third-order valence-corrected chi connectivity index (χ3v) is 5.62. The number of carbonyl (C=O) groups is 1. The largest absolute Gasteiger partial charge is 0.491 e. The van der Waals surface area contributed by atoms with Gasteiger partial charge in [0.1, 0.15) is 18.2 Å². The summed E-state index contributed by atoms with van der Waals surface area (Å²) in [4.78, 5) is 17.3. The minimum atomic E-state index is -0.894. The molecule has 182 valence electrons. The standard InChI is InChI=1S/C25H34FN3O3.ClH/c1-25(2,31)18-32-23-10-6-19(7-11-23)16-27-24(30)29(22-12-14-28(3)15-13-22)17-20-4-8-21(26)9-5-20;/h4-11,22,31H,12-18H2,1-3H3,(H,27,30);1H. The number of nitrogens with one attached hydrogen (secondary N) is 1. The molecule has 0 radical (unpaired) electrons. The summed E-state index contributed by atoms with van der Waals surface area (Å²) in [5.74, 6) is 0.394. The van der Waals surface area contributed by atoms with E-state index in [4.69, 9.17) is 4.74 Å². The first-order chi connectivity index (χ1) is 15.2. The maximum atomic E-state index is 13.3. The maximum Gasteiger partial charge on any atom is 0.318 e. The number of benzene rings is 2. The molecular formula is C25H35ClFN3O3. The Kier molecular flexibility index (Phi) is 9.95. The van der Waals surface area contributed by atoms with Crippen LogP contribution in [-0.4, -0.2) is 59.3 Å². The molecule has 0 bridgehead atoms. The second-order valence-electron chi connectivity index (χ2n) is 9.19. The molecule has 0 unspecified atom stereocenters. The minimum Gasteiger partial charge on any atom is -0.491 e. The Morgan fingerprint density at radius 2 is 1.70 bits per heavy atom. The molecule has 0 aliphatic carbocycles. The SMILES string of the molecule is CN1CCC(N(Cc2ccc(F)cc2)C(=O)NCc2ccc(OCC(C)(C)O)cc2)CC1.Cl. The molecule has 0 atom stereocenters. The number of amides is 2. The summed E-state index contributed by atoms with van der Waals surface area (Å²) in [6.45, 7) is 6.34. The van der Waals surface area contributed by atoms with E-state index in [1.807, 2.05) is 29.2 Å². The number of carbonyl (C=O) groups excluding carboxylic acids is 1. The summed E-state index contributed by atoms with van der Waals surface area (Å²) in [5, 5.41) is 12.8. The predicted octanol–water partition coefficient (Wildman–Crippen LogP) is 4.20. The van der Waals surface area contributed by atoms with Gasteiger partial charge in [0.25, 0.3) is 0 Å². The van der Waals surface area contributed by atoms with E-state index in [9.17, 15) is 14.3 Å². The number of hydrogen-bond donors (Lipinski definition) is 2. The molecule has 3 rings (SSSR count). The molecule has 1 fully saturated rings. The van der Waals surface area contributed by atoms with Crippen LogP contribution in [-0.2, 0) is 13.1 Å². The first kappa shape index (κ1) is 26.9. The third-order valence-electron chi connectivity index (χ3n) is 5.62. The van der Waals surface area contributed by atoms with Gasteiger partial charge in [0.15, 0.2) is 0 Å². The molecule has 0 aromatic heterocycles. The predicted molar refractivity (Wildman–Crippen MR) is 130 cm³/mol. The number of ether oxygens (including phenoxy) is 1. The Labute approximate surface area is 202 Å². The van der Waals surface area contributed by atoms with Crippen LogP contribution < -0.4 is 10.1 Å². The molecule has 6 nitrogen and oxygen atoms in total. The second-order valence-corrected chi connectivity index (χ2v) is 9.19. The number of halogens is 2. The molecule has 1 aliphatic rings. The van der Waals surface area contributed by atoms with Crippen molar-refractivity contribution < 1.29 is 19.0 Å². The fourth-order valence-corrected chi connectivity index (χ4v) is 3.70. The fourth-order valence-electron chi connectivity index (χ4n) is 3.70. The molecule has 1 heterocycles. The van der Waals surface area contributed by atoms with E-state index < -0.39 is 5.60 Å². The molecule has 2 amide bonds. The van der Waals surface area contributed by atoms with Crippen LogP contribution in [0.15, 0.2) is 48.5 Å². The Morgan fingerprint density at radius 1 is 1.12 bits per heavy atom. The summed E-state index contributed by atoms with van der Waals surface area (Å²) < 4.78 is 18.9. The molecule has 1 saturated heterocycles. The zero-order valence-corrected chi connectivity index (χ0v) is 20.4. The Hall–Kier alpha value is -2.35. The van der Waals surface area contributed by atoms with Crippen LogP contribution in [0, 0.1) is 5.82 Å². The molecule has 8 heteroatoms. The highest BCUT2D eigenvalue weighted by atomic mass is 35.5. The van der Waals surface area contributed by atoms with Crippen LogP contribution in [0.1, 0.15) is 37.8 Å². The molecule has 2 aromatic rings. The number of hydrogen-bond acceptors (Lipinski definition) is 4. The quantitative estimate of drug-likeness (QED) is 0.595. The van der Waals surface area contributed by atoms with Gasteiger partial charge >= 0.3 is 6.03 Å². The van der Waals surface area contributed by atoms with Gasteiger partial charge in [-0.05, 0) is 82.2 Å². The second kappa shape index (κ2) is 12.2. The van der Waals surface area contributed by atoms with Gasteiger partial charge in [-0.15, -0.1) is 12.4 Å².